The summed E-state index contributed by atoms with van der Waals surface area (Å²) in [5.74, 6) is 0.760. The van der Waals surface area contributed by atoms with Crippen molar-refractivity contribution in [3.63, 3.8) is 0 Å². The first-order valence-corrected chi connectivity index (χ1v) is 7.45. The lowest BCUT2D eigenvalue weighted by atomic mass is 10.3. The molecule has 1 atom stereocenters. The van der Waals surface area contributed by atoms with Crippen molar-refractivity contribution in [1.29, 1.82) is 0 Å². The number of anilines is 2. The smallest absolute Gasteiger partial charge is 0.207 e. The second-order valence-corrected chi connectivity index (χ2v) is 5.99. The Labute approximate surface area is 132 Å². The molecule has 0 saturated carbocycles. The number of hydrogen-bond acceptors (Lipinski definition) is 3. The van der Waals surface area contributed by atoms with Crippen molar-refractivity contribution < 1.29 is 4.74 Å². The highest BCUT2D eigenvalue weighted by Crippen LogP contribution is 2.29. The van der Waals surface area contributed by atoms with Crippen molar-refractivity contribution in [3.8, 4) is 0 Å². The summed E-state index contributed by atoms with van der Waals surface area (Å²) in [4.78, 5) is 4.50. The van der Waals surface area contributed by atoms with Crippen molar-refractivity contribution in [2.75, 3.05) is 19.0 Å². The van der Waals surface area contributed by atoms with Gasteiger partial charge in [-0.2, -0.15) is 0 Å². The molecule has 0 amide bonds. The Bertz CT molecular complexity index is 600. The van der Waals surface area contributed by atoms with Gasteiger partial charge in [-0.05, 0) is 32.0 Å². The number of nitrogens with zero attached hydrogens (tertiary/aromatic N) is 2. The van der Waals surface area contributed by atoms with E-state index in [0.717, 1.165) is 21.8 Å². The summed E-state index contributed by atoms with van der Waals surface area (Å²) >= 11 is 9.62. The van der Waals surface area contributed by atoms with Crippen LogP contribution in [0.5, 0.6) is 0 Å². The van der Waals surface area contributed by atoms with Gasteiger partial charge in [-0.1, -0.05) is 27.5 Å². The molecule has 0 bridgehead atoms. The molecule has 1 unspecified atom stereocenters. The van der Waals surface area contributed by atoms with E-state index in [1.807, 2.05) is 31.3 Å². The van der Waals surface area contributed by atoms with Gasteiger partial charge in [-0.15, -0.1) is 0 Å². The van der Waals surface area contributed by atoms with E-state index in [1.165, 1.54) is 0 Å². The van der Waals surface area contributed by atoms with Crippen LogP contribution in [0.1, 0.15) is 18.7 Å². The molecular formula is C14H17BrClN3O. The average molecular weight is 359 g/mol. The molecule has 1 aromatic heterocycles. The van der Waals surface area contributed by atoms with E-state index in [9.17, 15) is 0 Å². The van der Waals surface area contributed by atoms with Crippen LogP contribution in [0.2, 0.25) is 5.02 Å². The maximum absolute atomic E-state index is 6.23. The second kappa shape index (κ2) is 6.61. The Kier molecular flexibility index (Phi) is 5.07. The van der Waals surface area contributed by atoms with Crippen LogP contribution in [0.3, 0.4) is 0 Å². The van der Waals surface area contributed by atoms with Crippen molar-refractivity contribution >= 4 is 39.2 Å². The Balaban J connectivity index is 2.29. The highest BCUT2D eigenvalue weighted by molar-refractivity contribution is 9.10. The largest absolute Gasteiger partial charge is 0.383 e. The summed E-state index contributed by atoms with van der Waals surface area (Å²) < 4.78 is 8.20. The summed E-state index contributed by atoms with van der Waals surface area (Å²) in [6.45, 7) is 4.67. The van der Waals surface area contributed by atoms with Crippen LogP contribution in [0.25, 0.3) is 0 Å². The number of aryl methyl sites for hydroxylation is 1. The van der Waals surface area contributed by atoms with Crippen molar-refractivity contribution in [1.82, 2.24) is 9.55 Å². The maximum atomic E-state index is 6.23. The summed E-state index contributed by atoms with van der Waals surface area (Å²) in [5.41, 5.74) is 1.77. The van der Waals surface area contributed by atoms with Gasteiger partial charge in [0.05, 0.1) is 29.1 Å². The molecule has 1 heterocycles. The molecule has 0 radical (unpaired) electrons. The highest BCUT2D eigenvalue weighted by atomic mass is 79.9. The molecule has 6 heteroatoms. The lowest BCUT2D eigenvalue weighted by Gasteiger charge is -2.16. The number of ether oxygens (including phenoxy) is 1. The molecule has 2 aromatic rings. The molecule has 2 rings (SSSR count). The fourth-order valence-electron chi connectivity index (χ4n) is 1.98. The zero-order valence-electron chi connectivity index (χ0n) is 11.7. The number of halogens is 2. The molecule has 20 heavy (non-hydrogen) atoms. The summed E-state index contributed by atoms with van der Waals surface area (Å²) in [6, 6.07) is 5.90. The van der Waals surface area contributed by atoms with Crippen molar-refractivity contribution in [3.05, 3.63) is 39.6 Å². The van der Waals surface area contributed by atoms with Gasteiger partial charge >= 0.3 is 0 Å². The van der Waals surface area contributed by atoms with E-state index < -0.39 is 0 Å². The van der Waals surface area contributed by atoms with Gasteiger partial charge in [0.1, 0.15) is 0 Å². The predicted molar refractivity (Wildman–Crippen MR) is 86.0 cm³/mol. The third kappa shape index (κ3) is 3.53. The average Bonchev–Trinajstić information content (AvgIpc) is 2.74. The van der Waals surface area contributed by atoms with E-state index in [2.05, 4.69) is 37.7 Å². The standard InChI is InChI=1S/C14H17BrClN3O/c1-9-7-19(10(2)8-20-3)14(17-9)18-13-5-4-11(15)6-12(13)16/h4-7,10H,8H2,1-3H3,(H,17,18). The fourth-order valence-corrected chi connectivity index (χ4v) is 2.70. The quantitative estimate of drug-likeness (QED) is 0.851. The van der Waals surface area contributed by atoms with Gasteiger partial charge in [-0.25, -0.2) is 4.98 Å². The van der Waals surface area contributed by atoms with Crippen LogP contribution >= 0.6 is 27.5 Å². The first-order valence-electron chi connectivity index (χ1n) is 6.27. The number of methoxy groups -OCH3 is 1. The van der Waals surface area contributed by atoms with Crippen LogP contribution in [0, 0.1) is 6.92 Å². The van der Waals surface area contributed by atoms with Crippen LogP contribution in [0.4, 0.5) is 11.6 Å². The van der Waals surface area contributed by atoms with E-state index in [0.29, 0.717) is 11.6 Å². The minimum Gasteiger partial charge on any atom is -0.383 e. The van der Waals surface area contributed by atoms with Crippen LogP contribution < -0.4 is 5.32 Å². The molecule has 0 saturated heterocycles. The Morgan fingerprint density at radius 1 is 1.50 bits per heavy atom. The SMILES string of the molecule is COCC(C)n1cc(C)nc1Nc1ccc(Br)cc1Cl. The number of benzene rings is 1. The molecule has 108 valence electrons. The van der Waals surface area contributed by atoms with Crippen LogP contribution in [-0.2, 0) is 4.74 Å². The molecule has 1 aromatic carbocycles. The van der Waals surface area contributed by atoms with Gasteiger partial charge < -0.3 is 14.6 Å². The zero-order chi connectivity index (χ0) is 14.7. The number of aromatic nitrogens is 2. The first kappa shape index (κ1) is 15.4. The summed E-state index contributed by atoms with van der Waals surface area (Å²) in [5, 5.41) is 3.92. The third-order valence-corrected chi connectivity index (χ3v) is 3.72. The number of nitrogens with one attached hydrogen (secondary N) is 1. The number of hydrogen-bond donors (Lipinski definition) is 1. The van der Waals surface area contributed by atoms with E-state index in [-0.39, 0.29) is 6.04 Å². The van der Waals surface area contributed by atoms with Crippen molar-refractivity contribution in [2.45, 2.75) is 19.9 Å². The second-order valence-electron chi connectivity index (χ2n) is 4.67. The third-order valence-electron chi connectivity index (χ3n) is 2.91. The normalized spacial score (nSPS) is 12.4. The molecule has 0 spiro atoms. The van der Waals surface area contributed by atoms with Gasteiger partial charge in [-0.3, -0.25) is 0 Å². The van der Waals surface area contributed by atoms with Gasteiger partial charge in [0.2, 0.25) is 5.95 Å². The minimum atomic E-state index is 0.193. The fraction of sp³-hybridized carbons (Fsp3) is 0.357. The van der Waals surface area contributed by atoms with E-state index >= 15 is 0 Å². The van der Waals surface area contributed by atoms with Gasteiger partial charge in [0.25, 0.3) is 0 Å². The summed E-state index contributed by atoms with van der Waals surface area (Å²) in [6.07, 6.45) is 2.00. The van der Waals surface area contributed by atoms with Gasteiger partial charge in [0.15, 0.2) is 0 Å². The number of imidazole rings is 1. The lowest BCUT2D eigenvalue weighted by molar-refractivity contribution is 0.163. The summed E-state index contributed by atoms with van der Waals surface area (Å²) in [7, 11) is 1.69. The van der Waals surface area contributed by atoms with Crippen molar-refractivity contribution in [2.24, 2.45) is 0 Å². The number of rotatable bonds is 5. The molecular weight excluding hydrogens is 342 g/mol. The maximum Gasteiger partial charge on any atom is 0.207 e. The van der Waals surface area contributed by atoms with Crippen LogP contribution in [-0.4, -0.2) is 23.3 Å². The minimum absolute atomic E-state index is 0.193. The topological polar surface area (TPSA) is 39.1 Å². The Morgan fingerprint density at radius 2 is 2.25 bits per heavy atom. The van der Waals surface area contributed by atoms with E-state index in [1.54, 1.807) is 7.11 Å². The Morgan fingerprint density at radius 3 is 2.90 bits per heavy atom. The molecule has 4 nitrogen and oxygen atoms in total. The monoisotopic (exact) mass is 357 g/mol. The highest BCUT2D eigenvalue weighted by Gasteiger charge is 2.13. The Hall–Kier alpha value is -1.04. The molecule has 0 aliphatic carbocycles. The first-order chi connectivity index (χ1) is 9.51. The zero-order valence-corrected chi connectivity index (χ0v) is 14.0. The molecule has 0 fully saturated rings. The predicted octanol–water partition coefficient (Wildman–Crippen LogP) is 4.56. The van der Waals surface area contributed by atoms with E-state index in [4.69, 9.17) is 16.3 Å². The lowest BCUT2D eigenvalue weighted by Crippen LogP contribution is -2.12. The van der Waals surface area contributed by atoms with Gasteiger partial charge in [0, 0.05) is 17.8 Å². The van der Waals surface area contributed by atoms with Crippen LogP contribution in [0.15, 0.2) is 28.9 Å². The molecule has 0 aliphatic rings. The molecule has 0 aliphatic heterocycles. The molecule has 1 N–H and O–H groups in total.